The average molecular weight is 532 g/mol. The van der Waals surface area contributed by atoms with E-state index in [1.807, 2.05) is 0 Å². The van der Waals surface area contributed by atoms with Crippen molar-refractivity contribution in [2.24, 2.45) is 0 Å². The molecule has 0 bridgehead atoms. The molecule has 0 aliphatic heterocycles. The van der Waals surface area contributed by atoms with Gasteiger partial charge in [-0.25, -0.2) is 19.1 Å². The lowest BCUT2D eigenvalue weighted by molar-refractivity contribution is -0.0499. The lowest BCUT2D eigenvalue weighted by Gasteiger charge is -2.20. The highest BCUT2D eigenvalue weighted by molar-refractivity contribution is 7.88. The maximum Gasteiger partial charge on any atom is 0.534 e. The molecule has 10 nitrogen and oxygen atoms in total. The lowest BCUT2D eigenvalue weighted by atomic mass is 10.1. The maximum absolute atomic E-state index is 13.1. The fraction of sp³-hybridized carbons (Fsp3) is 0.409. The van der Waals surface area contributed by atoms with Crippen molar-refractivity contribution in [3.05, 3.63) is 35.7 Å². The highest BCUT2D eigenvalue weighted by atomic mass is 32.2. The van der Waals surface area contributed by atoms with Crippen LogP contribution in [0.2, 0.25) is 0 Å². The van der Waals surface area contributed by atoms with E-state index in [2.05, 4.69) is 9.17 Å². The van der Waals surface area contributed by atoms with Gasteiger partial charge in [0.15, 0.2) is 11.4 Å². The summed E-state index contributed by atoms with van der Waals surface area (Å²) in [6.07, 6.45) is 0.208. The van der Waals surface area contributed by atoms with Crippen LogP contribution in [0.1, 0.15) is 43.7 Å². The van der Waals surface area contributed by atoms with Crippen LogP contribution in [-0.4, -0.2) is 54.9 Å². The Kier molecular flexibility index (Phi) is 7.24. The fourth-order valence-electron chi connectivity index (χ4n) is 3.48. The van der Waals surface area contributed by atoms with E-state index < -0.39 is 39.0 Å². The zero-order valence-electron chi connectivity index (χ0n) is 19.9. The molecule has 14 heteroatoms. The van der Waals surface area contributed by atoms with E-state index in [1.54, 1.807) is 27.7 Å². The molecule has 0 saturated carbocycles. The number of alkyl halides is 3. The Labute approximate surface area is 204 Å². The molecule has 0 N–H and O–H groups in total. The van der Waals surface area contributed by atoms with Crippen molar-refractivity contribution in [1.29, 1.82) is 0 Å². The van der Waals surface area contributed by atoms with Gasteiger partial charge in [0.25, 0.3) is 0 Å². The number of halogens is 3. The Morgan fingerprint density at radius 1 is 1.08 bits per heavy atom. The van der Waals surface area contributed by atoms with Crippen LogP contribution in [0, 0.1) is 0 Å². The molecule has 0 saturated heterocycles. The van der Waals surface area contributed by atoms with Gasteiger partial charge >= 0.3 is 27.7 Å². The number of methoxy groups -OCH3 is 1. The third-order valence-corrected chi connectivity index (χ3v) is 5.68. The third-order valence-electron chi connectivity index (χ3n) is 4.71. The number of esters is 1. The number of hydrogen-bond acceptors (Lipinski definition) is 9. The van der Waals surface area contributed by atoms with Crippen LogP contribution >= 0.6 is 0 Å². The van der Waals surface area contributed by atoms with Crippen molar-refractivity contribution in [1.82, 2.24) is 9.55 Å². The van der Waals surface area contributed by atoms with Crippen LogP contribution < -0.4 is 4.18 Å². The molecule has 1 aromatic carbocycles. The molecule has 0 unspecified atom stereocenters. The number of nitrogens with zero attached hydrogens (tertiary/aromatic N) is 2. The summed E-state index contributed by atoms with van der Waals surface area (Å²) in [7, 11) is -4.78. The molecule has 3 aromatic rings. The third kappa shape index (κ3) is 5.09. The number of pyridine rings is 1. The molecule has 2 aromatic heterocycles. The first kappa shape index (κ1) is 27.2. The van der Waals surface area contributed by atoms with E-state index in [0.29, 0.717) is 0 Å². The molecular formula is C22H23F3N2O8S. The number of ether oxygens (including phenoxy) is 3. The van der Waals surface area contributed by atoms with Gasteiger partial charge in [0.2, 0.25) is 0 Å². The first-order chi connectivity index (χ1) is 16.6. The second kappa shape index (κ2) is 9.58. The van der Waals surface area contributed by atoms with Gasteiger partial charge < -0.3 is 18.4 Å². The highest BCUT2D eigenvalue weighted by Gasteiger charge is 2.49. The molecule has 0 fully saturated rings. The predicted molar refractivity (Wildman–Crippen MR) is 121 cm³/mol. The van der Waals surface area contributed by atoms with Gasteiger partial charge in [-0.2, -0.15) is 21.6 Å². The van der Waals surface area contributed by atoms with Crippen molar-refractivity contribution in [2.75, 3.05) is 13.7 Å². The SMILES string of the molecule is CCOC(=O)c1ncc2c(c1COC)c1c(OS(=O)(=O)C(F)(F)F)cccc1n2C(=O)OC(C)(C)C. The number of carbonyl (C=O) groups excluding carboxylic acids is 2. The van der Waals surface area contributed by atoms with Gasteiger partial charge in [-0.3, -0.25) is 0 Å². The van der Waals surface area contributed by atoms with E-state index >= 15 is 0 Å². The van der Waals surface area contributed by atoms with E-state index in [9.17, 15) is 31.2 Å². The van der Waals surface area contributed by atoms with Gasteiger partial charge in [-0.05, 0) is 39.8 Å². The van der Waals surface area contributed by atoms with E-state index in [4.69, 9.17) is 14.2 Å². The lowest BCUT2D eigenvalue weighted by Crippen LogP contribution is -2.28. The number of rotatable bonds is 6. The molecule has 196 valence electrons. The molecule has 0 radical (unpaired) electrons. The quantitative estimate of drug-likeness (QED) is 0.256. The standard InChI is InChI=1S/C22H23F3N2O8S/c1-6-33-19(28)18-12(11-32-5)16-14(10-26-18)27(20(29)34-21(2,3)4)13-8-7-9-15(17(13)16)35-36(30,31)22(23,24)25/h7-10H,6,11H2,1-5H3. The first-order valence-electron chi connectivity index (χ1n) is 10.5. The van der Waals surface area contributed by atoms with Crippen LogP contribution in [-0.2, 0) is 30.9 Å². The van der Waals surface area contributed by atoms with Crippen LogP contribution in [0.4, 0.5) is 18.0 Å². The van der Waals surface area contributed by atoms with Crippen molar-refractivity contribution >= 4 is 44.0 Å². The second-order valence-corrected chi connectivity index (χ2v) is 9.99. The fourth-order valence-corrected chi connectivity index (χ4v) is 3.95. The van der Waals surface area contributed by atoms with E-state index in [1.165, 1.54) is 19.2 Å². The number of benzene rings is 1. The summed E-state index contributed by atoms with van der Waals surface area (Å²) in [6.45, 7) is 6.11. The zero-order chi connectivity index (χ0) is 27.1. The summed E-state index contributed by atoms with van der Waals surface area (Å²) in [4.78, 5) is 29.8. The molecule has 0 aliphatic rings. The van der Waals surface area contributed by atoms with Gasteiger partial charge in [-0.1, -0.05) is 6.07 Å². The van der Waals surface area contributed by atoms with Crippen molar-refractivity contribution in [3.8, 4) is 5.75 Å². The van der Waals surface area contributed by atoms with Crippen molar-refractivity contribution < 1.29 is 49.6 Å². The van der Waals surface area contributed by atoms with E-state index in [-0.39, 0.29) is 46.3 Å². The Morgan fingerprint density at radius 2 is 1.75 bits per heavy atom. The van der Waals surface area contributed by atoms with Crippen LogP contribution in [0.5, 0.6) is 5.75 Å². The van der Waals surface area contributed by atoms with Crippen molar-refractivity contribution in [2.45, 2.75) is 45.4 Å². The Balaban J connectivity index is 2.49. The number of fused-ring (bicyclic) bond motifs is 3. The molecule has 2 heterocycles. The predicted octanol–water partition coefficient (Wildman–Crippen LogP) is 4.52. The Bertz CT molecular complexity index is 1440. The smallest absolute Gasteiger partial charge is 0.461 e. The van der Waals surface area contributed by atoms with E-state index in [0.717, 1.165) is 16.8 Å². The largest absolute Gasteiger partial charge is 0.534 e. The Morgan fingerprint density at radius 3 is 2.31 bits per heavy atom. The van der Waals surface area contributed by atoms with Crippen LogP contribution in [0.3, 0.4) is 0 Å². The van der Waals surface area contributed by atoms with Crippen LogP contribution in [0.25, 0.3) is 21.8 Å². The second-order valence-electron chi connectivity index (χ2n) is 8.45. The summed E-state index contributed by atoms with van der Waals surface area (Å²) in [6, 6.07) is 3.55. The summed E-state index contributed by atoms with van der Waals surface area (Å²) < 4.78 is 84.2. The molecular weight excluding hydrogens is 509 g/mol. The summed E-state index contributed by atoms with van der Waals surface area (Å²) in [5.74, 6) is -1.58. The first-order valence-corrected chi connectivity index (χ1v) is 11.9. The minimum atomic E-state index is -6.07. The van der Waals surface area contributed by atoms with Gasteiger partial charge in [0, 0.05) is 18.1 Å². The number of hydrogen-bond donors (Lipinski definition) is 0. The molecule has 36 heavy (non-hydrogen) atoms. The minimum Gasteiger partial charge on any atom is -0.461 e. The number of aromatic nitrogens is 2. The summed E-state index contributed by atoms with van der Waals surface area (Å²) in [5.41, 5.74) is -6.90. The topological polar surface area (TPSA) is 123 Å². The molecule has 3 rings (SSSR count). The molecule has 0 spiro atoms. The normalized spacial score (nSPS) is 12.7. The zero-order valence-corrected chi connectivity index (χ0v) is 20.7. The highest BCUT2D eigenvalue weighted by Crippen LogP contribution is 2.40. The maximum atomic E-state index is 13.1. The summed E-state index contributed by atoms with van der Waals surface area (Å²) in [5, 5.41) is -0.199. The minimum absolute atomic E-state index is 0.00281. The van der Waals surface area contributed by atoms with Crippen LogP contribution in [0.15, 0.2) is 24.4 Å². The number of carbonyl (C=O) groups is 2. The molecule has 0 atom stereocenters. The monoisotopic (exact) mass is 532 g/mol. The van der Waals surface area contributed by atoms with Gasteiger partial charge in [0.1, 0.15) is 5.60 Å². The van der Waals surface area contributed by atoms with Crippen molar-refractivity contribution in [3.63, 3.8) is 0 Å². The molecule has 0 amide bonds. The summed E-state index contributed by atoms with van der Waals surface area (Å²) >= 11 is 0. The Hall–Kier alpha value is -3.39. The average Bonchev–Trinajstić information content (AvgIpc) is 3.08. The van der Waals surface area contributed by atoms with Gasteiger partial charge in [-0.15, -0.1) is 0 Å². The molecule has 0 aliphatic carbocycles. The van der Waals surface area contributed by atoms with Gasteiger partial charge in [0.05, 0.1) is 35.8 Å².